The highest BCUT2D eigenvalue weighted by molar-refractivity contribution is 5.37. The number of H-pyrrole nitrogens is 1. The molecular formula is C17H20N2O2. The lowest BCUT2D eigenvalue weighted by Gasteiger charge is -2.24. The molecule has 0 saturated heterocycles. The smallest absolute Gasteiger partial charge is 0.257 e. The minimum absolute atomic E-state index is 0.0734. The Bertz CT molecular complexity index is 706. The Labute approximate surface area is 123 Å². The first-order valence-electron chi connectivity index (χ1n) is 7.60. The van der Waals surface area contributed by atoms with Crippen LogP contribution in [0.4, 0.5) is 0 Å². The van der Waals surface area contributed by atoms with Gasteiger partial charge in [0.25, 0.3) is 5.56 Å². The maximum Gasteiger partial charge on any atom is 0.257 e. The average molecular weight is 284 g/mol. The maximum atomic E-state index is 12.1. The molecule has 0 amide bonds. The van der Waals surface area contributed by atoms with Gasteiger partial charge in [-0.1, -0.05) is 37.6 Å². The van der Waals surface area contributed by atoms with E-state index < -0.39 is 0 Å². The summed E-state index contributed by atoms with van der Waals surface area (Å²) in [5.41, 5.74) is 2.72. The van der Waals surface area contributed by atoms with Crippen molar-refractivity contribution >= 4 is 0 Å². The fourth-order valence-electron chi connectivity index (χ4n) is 3.18. The van der Waals surface area contributed by atoms with Gasteiger partial charge in [-0.3, -0.25) is 4.79 Å². The molecule has 4 nitrogen and oxygen atoms in total. The predicted molar refractivity (Wildman–Crippen MR) is 81.7 cm³/mol. The zero-order chi connectivity index (χ0) is 14.8. The minimum Gasteiger partial charge on any atom is -0.493 e. The van der Waals surface area contributed by atoms with Crippen LogP contribution in [-0.2, 0) is 12.8 Å². The van der Waals surface area contributed by atoms with Crippen molar-refractivity contribution in [1.29, 1.82) is 0 Å². The first-order chi connectivity index (χ1) is 10.2. The lowest BCUT2D eigenvalue weighted by molar-refractivity contribution is 0.434. The molecule has 1 unspecified atom stereocenters. The average Bonchev–Trinajstić information content (AvgIpc) is 2.50. The van der Waals surface area contributed by atoms with E-state index in [-0.39, 0.29) is 17.4 Å². The van der Waals surface area contributed by atoms with Crippen LogP contribution in [0.5, 0.6) is 5.88 Å². The van der Waals surface area contributed by atoms with Gasteiger partial charge in [-0.05, 0) is 36.8 Å². The first-order valence-corrected chi connectivity index (χ1v) is 7.60. The quantitative estimate of drug-likeness (QED) is 0.910. The Morgan fingerprint density at radius 1 is 1.38 bits per heavy atom. The summed E-state index contributed by atoms with van der Waals surface area (Å²) in [4.78, 5) is 19.3. The van der Waals surface area contributed by atoms with Crippen molar-refractivity contribution in [1.82, 2.24) is 9.97 Å². The number of aromatic amines is 1. The van der Waals surface area contributed by atoms with Crippen molar-refractivity contribution < 1.29 is 5.11 Å². The Balaban J connectivity index is 2.05. The molecule has 0 aliphatic heterocycles. The van der Waals surface area contributed by atoms with Crippen molar-refractivity contribution in [3.05, 3.63) is 57.1 Å². The lowest BCUT2D eigenvalue weighted by atomic mass is 9.82. The van der Waals surface area contributed by atoms with Crippen LogP contribution in [0, 0.1) is 0 Å². The Morgan fingerprint density at radius 3 is 2.95 bits per heavy atom. The van der Waals surface area contributed by atoms with E-state index in [4.69, 9.17) is 0 Å². The molecule has 1 heterocycles. The SMILES string of the molecule is CCCc1c(O)nc(C2CCCc3ccccc32)[nH]c1=O. The van der Waals surface area contributed by atoms with Crippen LogP contribution in [0.1, 0.15) is 54.6 Å². The van der Waals surface area contributed by atoms with E-state index in [1.807, 2.05) is 19.1 Å². The van der Waals surface area contributed by atoms with Crippen molar-refractivity contribution in [2.24, 2.45) is 0 Å². The molecule has 2 aromatic rings. The number of aryl methyl sites for hydroxylation is 1. The molecule has 0 spiro atoms. The van der Waals surface area contributed by atoms with E-state index >= 15 is 0 Å². The number of hydrogen-bond acceptors (Lipinski definition) is 3. The third kappa shape index (κ3) is 2.58. The molecule has 1 aliphatic carbocycles. The summed E-state index contributed by atoms with van der Waals surface area (Å²) in [6, 6.07) is 8.28. The van der Waals surface area contributed by atoms with Crippen LogP contribution in [0.25, 0.3) is 0 Å². The highest BCUT2D eigenvalue weighted by Crippen LogP contribution is 2.35. The summed E-state index contributed by atoms with van der Waals surface area (Å²) in [6.07, 6.45) is 4.45. The van der Waals surface area contributed by atoms with Crippen molar-refractivity contribution in [2.75, 3.05) is 0 Å². The minimum atomic E-state index is -0.206. The van der Waals surface area contributed by atoms with Gasteiger partial charge in [0, 0.05) is 5.92 Å². The summed E-state index contributed by atoms with van der Waals surface area (Å²) in [5.74, 6) is 0.549. The second kappa shape index (κ2) is 5.72. The molecule has 1 atom stereocenters. The molecule has 0 saturated carbocycles. The van der Waals surface area contributed by atoms with Crippen LogP contribution in [0.3, 0.4) is 0 Å². The van der Waals surface area contributed by atoms with Crippen LogP contribution >= 0.6 is 0 Å². The summed E-state index contributed by atoms with van der Waals surface area (Å²) < 4.78 is 0. The second-order valence-corrected chi connectivity index (χ2v) is 5.65. The highest BCUT2D eigenvalue weighted by atomic mass is 16.3. The number of aromatic hydroxyl groups is 1. The number of rotatable bonds is 3. The standard InChI is InChI=1S/C17H20N2O2/c1-2-6-14-16(20)18-15(19-17(14)21)13-10-5-8-11-7-3-4-9-12(11)13/h3-4,7,9,13H,2,5-6,8,10H2,1H3,(H2,18,19,20,21). The first kappa shape index (κ1) is 13.9. The fraction of sp³-hybridized carbons (Fsp3) is 0.412. The highest BCUT2D eigenvalue weighted by Gasteiger charge is 2.24. The van der Waals surface area contributed by atoms with Crippen LogP contribution in [-0.4, -0.2) is 15.1 Å². The fourth-order valence-corrected chi connectivity index (χ4v) is 3.18. The van der Waals surface area contributed by atoms with Gasteiger partial charge in [0.1, 0.15) is 5.82 Å². The van der Waals surface area contributed by atoms with Crippen molar-refractivity contribution in [3.63, 3.8) is 0 Å². The molecule has 1 aromatic carbocycles. The van der Waals surface area contributed by atoms with Gasteiger partial charge in [-0.15, -0.1) is 0 Å². The maximum absolute atomic E-state index is 12.1. The molecule has 110 valence electrons. The molecule has 1 aliphatic rings. The Morgan fingerprint density at radius 2 is 2.19 bits per heavy atom. The lowest BCUT2D eigenvalue weighted by Crippen LogP contribution is -2.21. The number of hydrogen-bond donors (Lipinski definition) is 2. The Hall–Kier alpha value is -2.10. The largest absolute Gasteiger partial charge is 0.493 e. The molecule has 3 rings (SSSR count). The molecule has 21 heavy (non-hydrogen) atoms. The predicted octanol–water partition coefficient (Wildman–Crippen LogP) is 2.90. The topological polar surface area (TPSA) is 66.0 Å². The van der Waals surface area contributed by atoms with Crippen molar-refractivity contribution in [3.8, 4) is 5.88 Å². The summed E-state index contributed by atoms with van der Waals surface area (Å²) in [7, 11) is 0. The van der Waals surface area contributed by atoms with E-state index in [2.05, 4.69) is 22.1 Å². The number of nitrogens with zero attached hydrogens (tertiary/aromatic N) is 1. The van der Waals surface area contributed by atoms with Crippen LogP contribution in [0.2, 0.25) is 0 Å². The van der Waals surface area contributed by atoms with E-state index in [0.717, 1.165) is 25.7 Å². The number of aromatic nitrogens is 2. The molecule has 0 radical (unpaired) electrons. The molecule has 0 bridgehead atoms. The van der Waals surface area contributed by atoms with E-state index in [1.54, 1.807) is 0 Å². The zero-order valence-electron chi connectivity index (χ0n) is 12.2. The van der Waals surface area contributed by atoms with Gasteiger partial charge in [0.2, 0.25) is 5.88 Å². The van der Waals surface area contributed by atoms with Gasteiger partial charge in [-0.25, -0.2) is 0 Å². The summed E-state index contributed by atoms with van der Waals surface area (Å²) >= 11 is 0. The molecule has 4 heteroatoms. The van der Waals surface area contributed by atoms with Gasteiger partial charge < -0.3 is 10.1 Å². The van der Waals surface area contributed by atoms with Crippen LogP contribution < -0.4 is 5.56 Å². The van der Waals surface area contributed by atoms with E-state index in [9.17, 15) is 9.90 Å². The molecule has 2 N–H and O–H groups in total. The van der Waals surface area contributed by atoms with Gasteiger partial charge in [-0.2, -0.15) is 4.98 Å². The second-order valence-electron chi connectivity index (χ2n) is 5.65. The van der Waals surface area contributed by atoms with Gasteiger partial charge in [0.05, 0.1) is 5.56 Å². The van der Waals surface area contributed by atoms with Gasteiger partial charge >= 0.3 is 0 Å². The van der Waals surface area contributed by atoms with Crippen molar-refractivity contribution in [2.45, 2.75) is 44.9 Å². The molecule has 0 fully saturated rings. The number of nitrogens with one attached hydrogen (secondary N) is 1. The summed E-state index contributed by atoms with van der Waals surface area (Å²) in [5, 5.41) is 10.1. The van der Waals surface area contributed by atoms with E-state index in [0.29, 0.717) is 17.8 Å². The molecule has 1 aromatic heterocycles. The third-order valence-corrected chi connectivity index (χ3v) is 4.21. The Kier molecular flexibility index (Phi) is 3.78. The monoisotopic (exact) mass is 284 g/mol. The number of benzene rings is 1. The van der Waals surface area contributed by atoms with E-state index in [1.165, 1.54) is 11.1 Å². The zero-order valence-corrected chi connectivity index (χ0v) is 12.2. The van der Waals surface area contributed by atoms with Gasteiger partial charge in [0.15, 0.2) is 0 Å². The number of fused-ring (bicyclic) bond motifs is 1. The molecular weight excluding hydrogens is 264 g/mol. The summed E-state index contributed by atoms with van der Waals surface area (Å²) in [6.45, 7) is 1.98. The normalized spacial score (nSPS) is 17.5. The third-order valence-electron chi connectivity index (χ3n) is 4.21. The van der Waals surface area contributed by atoms with Crippen LogP contribution in [0.15, 0.2) is 29.1 Å².